The first-order valence-electron chi connectivity index (χ1n) is 15.3. The Morgan fingerprint density at radius 1 is 0.848 bits per heavy atom. The van der Waals surface area contributed by atoms with Gasteiger partial charge in [-0.1, -0.05) is 78.9 Å². The molecule has 1 fully saturated rings. The number of hydrogen-bond donors (Lipinski definition) is 6. The molecule has 242 valence electrons. The van der Waals surface area contributed by atoms with Crippen LogP contribution in [0.3, 0.4) is 0 Å². The molecule has 0 aliphatic heterocycles. The van der Waals surface area contributed by atoms with Crippen LogP contribution in [0.25, 0.3) is 10.9 Å². The highest BCUT2D eigenvalue weighted by Crippen LogP contribution is 2.57. The van der Waals surface area contributed by atoms with Gasteiger partial charge in [0.05, 0.1) is 0 Å². The first-order chi connectivity index (χ1) is 21.8. The van der Waals surface area contributed by atoms with Gasteiger partial charge in [0.1, 0.15) is 5.92 Å². The van der Waals surface area contributed by atoms with Gasteiger partial charge >= 0.3 is 17.9 Å². The molecular weight excluding hydrogens is 586 g/mol. The Morgan fingerprint density at radius 3 is 1.89 bits per heavy atom. The summed E-state index contributed by atoms with van der Waals surface area (Å²) in [6.07, 6.45) is 0.292. The van der Waals surface area contributed by atoms with Crippen molar-refractivity contribution in [2.75, 3.05) is 14.1 Å². The quantitative estimate of drug-likeness (QED) is 0.142. The van der Waals surface area contributed by atoms with Gasteiger partial charge in [-0.3, -0.25) is 14.5 Å². The zero-order chi connectivity index (χ0) is 33.5. The zero-order valence-electron chi connectivity index (χ0n) is 26.2. The normalized spacial score (nSPS) is 23.3. The first-order valence-corrected chi connectivity index (χ1v) is 15.3. The number of aliphatic carboxylic acids is 3. The highest BCUT2D eigenvalue weighted by atomic mass is 16.4. The van der Waals surface area contributed by atoms with E-state index in [0.717, 1.165) is 10.9 Å². The van der Waals surface area contributed by atoms with Gasteiger partial charge in [0.2, 0.25) is 5.60 Å². The summed E-state index contributed by atoms with van der Waals surface area (Å²) in [6, 6.07) is 25.4. The van der Waals surface area contributed by atoms with E-state index in [-0.39, 0.29) is 12.8 Å². The van der Waals surface area contributed by atoms with Crippen LogP contribution in [0.1, 0.15) is 48.1 Å². The minimum absolute atomic E-state index is 0.0315. The number of nitrogens with one attached hydrogen (secondary N) is 1. The summed E-state index contributed by atoms with van der Waals surface area (Å²) in [6.45, 7) is 1.81. The van der Waals surface area contributed by atoms with E-state index in [1.165, 1.54) is 0 Å². The van der Waals surface area contributed by atoms with Gasteiger partial charge in [0, 0.05) is 27.6 Å². The second-order valence-electron chi connectivity index (χ2n) is 12.8. The topological polar surface area (TPSA) is 177 Å². The van der Waals surface area contributed by atoms with Gasteiger partial charge in [0.25, 0.3) is 0 Å². The Labute approximate surface area is 267 Å². The molecule has 10 heteroatoms. The molecule has 1 heterocycles. The predicted octanol–water partition coefficient (Wildman–Crippen LogP) is 4.29. The summed E-state index contributed by atoms with van der Waals surface area (Å²) < 4.78 is 0. The van der Waals surface area contributed by atoms with Crippen molar-refractivity contribution in [3.8, 4) is 0 Å². The number of rotatable bonds is 11. The Bertz CT molecular complexity index is 1750. The third kappa shape index (κ3) is 4.79. The number of aromatic nitrogens is 1. The molecule has 0 spiro atoms. The van der Waals surface area contributed by atoms with Crippen LogP contribution in [0.4, 0.5) is 0 Å². The Balaban J connectivity index is 1.80. The molecule has 0 saturated heterocycles. The molecule has 46 heavy (non-hydrogen) atoms. The lowest BCUT2D eigenvalue weighted by Gasteiger charge is -2.58. The maximum absolute atomic E-state index is 13.8. The van der Waals surface area contributed by atoms with E-state index >= 15 is 0 Å². The van der Waals surface area contributed by atoms with Crippen molar-refractivity contribution in [1.29, 1.82) is 0 Å². The number of benzene rings is 3. The number of carboxylic acids is 3. The monoisotopic (exact) mass is 627 g/mol. The molecule has 0 radical (unpaired) electrons. The molecule has 1 aliphatic carbocycles. The van der Waals surface area contributed by atoms with E-state index in [2.05, 4.69) is 9.88 Å². The predicted molar refractivity (Wildman–Crippen MR) is 173 cm³/mol. The van der Waals surface area contributed by atoms with Crippen molar-refractivity contribution < 1.29 is 34.8 Å². The number of carboxylic acid groups (broad SMARTS) is 3. The van der Waals surface area contributed by atoms with Crippen LogP contribution < -0.4 is 5.73 Å². The number of aryl methyl sites for hydroxylation is 1. The third-order valence-corrected chi connectivity index (χ3v) is 10.6. The summed E-state index contributed by atoms with van der Waals surface area (Å²) in [7, 11) is 3.88. The van der Waals surface area contributed by atoms with Gasteiger partial charge in [-0.15, -0.1) is 0 Å². The molecule has 4 aromatic rings. The molecule has 1 saturated carbocycles. The minimum atomic E-state index is -3.45. The first kappa shape index (κ1) is 32.9. The average molecular weight is 628 g/mol. The van der Waals surface area contributed by atoms with Gasteiger partial charge in [-0.05, 0) is 75.9 Å². The molecule has 10 nitrogen and oxygen atoms in total. The summed E-state index contributed by atoms with van der Waals surface area (Å²) in [5.74, 6) is -7.59. The van der Waals surface area contributed by atoms with Crippen LogP contribution in [0.15, 0.2) is 84.9 Å². The maximum Gasteiger partial charge on any atom is 0.339 e. The van der Waals surface area contributed by atoms with E-state index < -0.39 is 52.3 Å². The number of nitrogens with two attached hydrogens (primary N) is 1. The van der Waals surface area contributed by atoms with E-state index in [0.29, 0.717) is 35.2 Å². The molecule has 3 atom stereocenters. The van der Waals surface area contributed by atoms with Crippen molar-refractivity contribution >= 4 is 28.8 Å². The summed E-state index contributed by atoms with van der Waals surface area (Å²) in [5, 5.41) is 45.7. The summed E-state index contributed by atoms with van der Waals surface area (Å²) in [4.78, 5) is 45.5. The summed E-state index contributed by atoms with van der Waals surface area (Å²) >= 11 is 0. The van der Waals surface area contributed by atoms with E-state index in [4.69, 9.17) is 5.73 Å². The van der Waals surface area contributed by atoms with Crippen LogP contribution >= 0.6 is 0 Å². The highest BCUT2D eigenvalue weighted by Gasteiger charge is 2.74. The molecule has 7 N–H and O–H groups in total. The molecule has 1 aromatic heterocycles. The summed E-state index contributed by atoms with van der Waals surface area (Å²) in [5.41, 5.74) is 1.39. The fraction of sp³-hybridized carbons (Fsp3) is 0.361. The minimum Gasteiger partial charge on any atom is -0.481 e. The molecule has 5 rings (SSSR count). The lowest BCUT2D eigenvalue weighted by molar-refractivity contribution is -0.201. The van der Waals surface area contributed by atoms with Crippen LogP contribution in [0.2, 0.25) is 0 Å². The SMILES string of the molecule is Cc1c(C2(C(N)(C(=O)O)C(O)(C(=O)O)C(Cc3ccccc3)C(=O)O)CCC(c3ccccc3)(N(C)C)CC2)[nH]c2ccccc12. The van der Waals surface area contributed by atoms with Crippen molar-refractivity contribution in [1.82, 2.24) is 9.88 Å². The Morgan fingerprint density at radius 2 is 1.39 bits per heavy atom. The number of carbonyl (C=O) groups is 3. The molecule has 0 amide bonds. The van der Waals surface area contributed by atoms with Gasteiger partial charge < -0.3 is 31.1 Å². The molecular formula is C36H41N3O7. The van der Waals surface area contributed by atoms with E-state index in [1.54, 1.807) is 30.3 Å². The number of hydrogen-bond acceptors (Lipinski definition) is 6. The maximum atomic E-state index is 13.8. The van der Waals surface area contributed by atoms with E-state index in [1.807, 2.05) is 75.6 Å². The number of para-hydroxylation sites is 1. The molecule has 3 unspecified atom stereocenters. The van der Waals surface area contributed by atoms with Gasteiger partial charge in [-0.25, -0.2) is 4.79 Å². The number of fused-ring (bicyclic) bond motifs is 1. The number of nitrogens with zero attached hydrogens (tertiary/aromatic N) is 1. The standard InChI is InChI=1S/C36H41N3O7/c1-23-26-16-10-11-17-28(26)38-29(23)33(18-20-34(21-19-33,39(2)3)25-14-8-5-9-15-25)36(37,32(44)45)35(46,31(42)43)27(30(40)41)22-24-12-6-4-7-13-24/h4-17,27,38,46H,18-22,37H2,1-3H3,(H,40,41)(H,42,43)(H,44,45). The van der Waals surface area contributed by atoms with Gasteiger partial charge in [0.15, 0.2) is 5.54 Å². The van der Waals surface area contributed by atoms with Crippen LogP contribution in [-0.2, 0) is 31.8 Å². The van der Waals surface area contributed by atoms with Crippen molar-refractivity contribution in [2.45, 2.75) is 61.1 Å². The van der Waals surface area contributed by atoms with Crippen molar-refractivity contribution in [3.05, 3.63) is 107 Å². The second-order valence-corrected chi connectivity index (χ2v) is 12.8. The molecule has 1 aliphatic rings. The highest BCUT2D eigenvalue weighted by molar-refractivity contribution is 5.98. The number of H-pyrrole nitrogens is 1. The smallest absolute Gasteiger partial charge is 0.339 e. The lowest BCUT2D eigenvalue weighted by atomic mass is 9.49. The zero-order valence-corrected chi connectivity index (χ0v) is 26.2. The third-order valence-electron chi connectivity index (χ3n) is 10.6. The number of aliphatic hydroxyl groups is 1. The van der Waals surface area contributed by atoms with Gasteiger partial charge in [-0.2, -0.15) is 0 Å². The fourth-order valence-electron chi connectivity index (χ4n) is 8.02. The number of aromatic amines is 1. The van der Waals surface area contributed by atoms with Crippen LogP contribution in [0.5, 0.6) is 0 Å². The molecule has 0 bridgehead atoms. The average Bonchev–Trinajstić information content (AvgIpc) is 3.39. The van der Waals surface area contributed by atoms with Crippen molar-refractivity contribution in [3.63, 3.8) is 0 Å². The second kappa shape index (κ2) is 12.0. The fourth-order valence-corrected chi connectivity index (χ4v) is 8.02. The molecule has 3 aromatic carbocycles. The Kier molecular flexibility index (Phi) is 8.59. The van der Waals surface area contributed by atoms with Crippen LogP contribution in [0, 0.1) is 12.8 Å². The largest absolute Gasteiger partial charge is 0.481 e. The Hall–Kier alpha value is -4.51. The van der Waals surface area contributed by atoms with E-state index in [9.17, 15) is 34.8 Å². The lowest BCUT2D eigenvalue weighted by Crippen LogP contribution is -2.81. The van der Waals surface area contributed by atoms with Crippen LogP contribution in [-0.4, -0.2) is 73.5 Å². The van der Waals surface area contributed by atoms with Crippen molar-refractivity contribution in [2.24, 2.45) is 11.7 Å².